The number of hydrogen-bond acceptors (Lipinski definition) is 4. The molecule has 7 nitrogen and oxygen atoms in total. The maximum Gasteiger partial charge on any atom is 0.433 e. The minimum Gasteiger partial charge on any atom is -0.322 e. The Balaban J connectivity index is 1.36. The molecule has 11 heteroatoms. The summed E-state index contributed by atoms with van der Waals surface area (Å²) >= 11 is 3.31. The van der Waals surface area contributed by atoms with E-state index in [1.54, 1.807) is 54.9 Å². The van der Waals surface area contributed by atoms with Crippen molar-refractivity contribution in [2.75, 3.05) is 10.6 Å². The molecule has 0 saturated heterocycles. The third-order valence-corrected chi connectivity index (χ3v) is 7.00. The maximum atomic E-state index is 13.5. The van der Waals surface area contributed by atoms with Crippen LogP contribution in [0, 0.1) is 13.8 Å². The number of para-hydroxylation sites is 1. The molecule has 0 saturated carbocycles. The number of amides is 2. The van der Waals surface area contributed by atoms with Crippen molar-refractivity contribution in [3.63, 3.8) is 0 Å². The summed E-state index contributed by atoms with van der Waals surface area (Å²) in [5.41, 5.74) is 2.34. The van der Waals surface area contributed by atoms with E-state index < -0.39 is 17.8 Å². The number of alkyl halides is 3. The van der Waals surface area contributed by atoms with Gasteiger partial charge in [0.2, 0.25) is 0 Å². The fourth-order valence-corrected chi connectivity index (χ4v) is 4.76. The topological polar surface area (TPSA) is 88.9 Å². The predicted octanol–water partition coefficient (Wildman–Crippen LogP) is 7.38. The van der Waals surface area contributed by atoms with Gasteiger partial charge in [0.25, 0.3) is 11.8 Å². The molecule has 0 aliphatic carbocycles. The van der Waals surface area contributed by atoms with Gasteiger partial charge in [0.15, 0.2) is 0 Å². The Bertz CT molecular complexity index is 1770. The van der Waals surface area contributed by atoms with Crippen LogP contribution in [0.25, 0.3) is 10.9 Å². The van der Waals surface area contributed by atoms with Crippen LogP contribution in [-0.2, 0) is 12.7 Å². The smallest absolute Gasteiger partial charge is 0.322 e. The molecule has 3 aromatic carbocycles. The van der Waals surface area contributed by atoms with Crippen molar-refractivity contribution in [2.45, 2.75) is 26.6 Å². The Hall–Kier alpha value is -4.51. The number of aryl methyl sites for hydroxylation is 1. The maximum absolute atomic E-state index is 13.5. The molecule has 0 radical (unpaired) electrons. The number of fused-ring (bicyclic) bond motifs is 1. The molecule has 0 bridgehead atoms. The largest absolute Gasteiger partial charge is 0.433 e. The Kier molecular flexibility index (Phi) is 7.63. The molecule has 0 atom stereocenters. The molecule has 0 aliphatic rings. The molecule has 2 N–H and O–H groups in total. The van der Waals surface area contributed by atoms with Gasteiger partial charge in [-0.05, 0) is 67.9 Å². The van der Waals surface area contributed by atoms with E-state index in [1.165, 1.54) is 6.07 Å². The molecule has 41 heavy (non-hydrogen) atoms. The normalized spacial score (nSPS) is 11.5. The molecule has 5 rings (SSSR count). The highest BCUT2D eigenvalue weighted by Gasteiger charge is 2.34. The number of hydrogen-bond donors (Lipinski definition) is 2. The highest BCUT2D eigenvalue weighted by Crippen LogP contribution is 2.33. The molecular weight excluding hydrogens is 599 g/mol. The fourth-order valence-electron chi connectivity index (χ4n) is 4.40. The second-order valence-corrected chi connectivity index (χ2v) is 10.3. The molecule has 2 aromatic heterocycles. The summed E-state index contributed by atoms with van der Waals surface area (Å²) in [6.07, 6.45) is -4.72. The molecule has 2 amide bonds. The van der Waals surface area contributed by atoms with Crippen molar-refractivity contribution >= 4 is 50.0 Å². The molecular formula is C30H23BrF3N5O2. The summed E-state index contributed by atoms with van der Waals surface area (Å²) in [4.78, 5) is 29.6. The fraction of sp³-hybridized carbons (Fsp3) is 0.133. The zero-order valence-corrected chi connectivity index (χ0v) is 23.5. The molecule has 208 valence electrons. The van der Waals surface area contributed by atoms with E-state index in [1.807, 2.05) is 30.3 Å². The minimum absolute atomic E-state index is 0.0539. The SMILES string of the molecule is Cc1nn(Cc2ccc(C(=O)Nc3ccccc3)cc2)c(C)c1NC(=O)c1cc(C(F)(F)F)nc2ccc(Br)cc12. The van der Waals surface area contributed by atoms with E-state index in [9.17, 15) is 22.8 Å². The van der Waals surface area contributed by atoms with Crippen LogP contribution in [-0.4, -0.2) is 26.6 Å². The quantitative estimate of drug-likeness (QED) is 0.207. The van der Waals surface area contributed by atoms with Crippen LogP contribution in [0.2, 0.25) is 0 Å². The van der Waals surface area contributed by atoms with Crippen LogP contribution in [0.1, 0.15) is 43.4 Å². The number of pyridine rings is 1. The number of anilines is 2. The van der Waals surface area contributed by atoms with E-state index >= 15 is 0 Å². The molecule has 0 fully saturated rings. The monoisotopic (exact) mass is 621 g/mol. The summed E-state index contributed by atoms with van der Waals surface area (Å²) in [7, 11) is 0. The number of halogens is 4. The summed E-state index contributed by atoms with van der Waals surface area (Å²) in [5, 5.41) is 10.4. The van der Waals surface area contributed by atoms with Crippen molar-refractivity contribution in [3.05, 3.63) is 117 Å². The second kappa shape index (κ2) is 11.2. The number of benzene rings is 3. The number of carbonyl (C=O) groups is 2. The zero-order chi connectivity index (χ0) is 29.3. The van der Waals surface area contributed by atoms with Crippen LogP contribution in [0.15, 0.2) is 83.3 Å². The molecule has 2 heterocycles. The van der Waals surface area contributed by atoms with E-state index in [2.05, 4.69) is 36.6 Å². The highest BCUT2D eigenvalue weighted by atomic mass is 79.9. The van der Waals surface area contributed by atoms with Gasteiger partial charge in [0.1, 0.15) is 5.69 Å². The van der Waals surface area contributed by atoms with Crippen molar-refractivity contribution in [2.24, 2.45) is 0 Å². The Labute approximate surface area is 241 Å². The first-order valence-electron chi connectivity index (χ1n) is 12.5. The number of carbonyl (C=O) groups excluding carboxylic acids is 2. The van der Waals surface area contributed by atoms with Crippen LogP contribution in [0.4, 0.5) is 24.5 Å². The summed E-state index contributed by atoms with van der Waals surface area (Å²) in [5.74, 6) is -0.941. The first-order chi connectivity index (χ1) is 19.5. The van der Waals surface area contributed by atoms with E-state index in [4.69, 9.17) is 0 Å². The third-order valence-electron chi connectivity index (χ3n) is 6.51. The zero-order valence-electron chi connectivity index (χ0n) is 21.9. The van der Waals surface area contributed by atoms with E-state index in [0.29, 0.717) is 39.3 Å². The molecule has 0 spiro atoms. The number of nitrogens with one attached hydrogen (secondary N) is 2. The molecule has 0 aliphatic heterocycles. The highest BCUT2D eigenvalue weighted by molar-refractivity contribution is 9.10. The lowest BCUT2D eigenvalue weighted by atomic mass is 10.1. The number of rotatable bonds is 6. The van der Waals surface area contributed by atoms with Crippen molar-refractivity contribution < 1.29 is 22.8 Å². The van der Waals surface area contributed by atoms with E-state index in [0.717, 1.165) is 11.6 Å². The Morgan fingerprint density at radius 1 is 0.902 bits per heavy atom. The number of aromatic nitrogens is 3. The predicted molar refractivity (Wildman–Crippen MR) is 154 cm³/mol. The van der Waals surface area contributed by atoms with Crippen LogP contribution >= 0.6 is 15.9 Å². The van der Waals surface area contributed by atoms with Gasteiger partial charge in [-0.25, -0.2) is 4.98 Å². The van der Waals surface area contributed by atoms with Gasteiger partial charge in [0.05, 0.1) is 34.7 Å². The van der Waals surface area contributed by atoms with Gasteiger partial charge < -0.3 is 10.6 Å². The lowest BCUT2D eigenvalue weighted by molar-refractivity contribution is -0.141. The van der Waals surface area contributed by atoms with Crippen molar-refractivity contribution in [3.8, 4) is 0 Å². The van der Waals surface area contributed by atoms with Crippen LogP contribution < -0.4 is 10.6 Å². The Morgan fingerprint density at radius 2 is 1.61 bits per heavy atom. The standard InChI is InChI=1S/C30H23BrF3N5O2/c1-17-27(37-29(41)24-15-26(30(32,33)34)36-25-13-12-21(31)14-23(24)25)18(2)39(38-17)16-19-8-10-20(11-9-19)28(40)35-22-6-4-3-5-7-22/h3-15H,16H2,1-2H3,(H,35,40)(H,37,41). The van der Waals surface area contributed by atoms with Gasteiger partial charge in [-0.2, -0.15) is 18.3 Å². The van der Waals surface area contributed by atoms with Crippen molar-refractivity contribution in [1.29, 1.82) is 0 Å². The Morgan fingerprint density at radius 3 is 2.29 bits per heavy atom. The third kappa shape index (κ3) is 6.14. The molecule has 5 aromatic rings. The minimum atomic E-state index is -4.72. The first-order valence-corrected chi connectivity index (χ1v) is 13.3. The molecule has 0 unspecified atom stereocenters. The van der Waals surface area contributed by atoms with E-state index in [-0.39, 0.29) is 22.4 Å². The summed E-state index contributed by atoms with van der Waals surface area (Å²) in [6, 6.07) is 21.5. The van der Waals surface area contributed by atoms with Crippen molar-refractivity contribution in [1.82, 2.24) is 14.8 Å². The summed E-state index contributed by atoms with van der Waals surface area (Å²) < 4.78 is 42.9. The first kappa shape index (κ1) is 28.0. The van der Waals surface area contributed by atoms with Gasteiger partial charge in [0, 0.05) is 21.1 Å². The summed E-state index contributed by atoms with van der Waals surface area (Å²) in [6.45, 7) is 3.82. The second-order valence-electron chi connectivity index (χ2n) is 9.39. The van der Waals surface area contributed by atoms with Gasteiger partial charge >= 0.3 is 6.18 Å². The van der Waals surface area contributed by atoms with Gasteiger partial charge in [-0.1, -0.05) is 46.3 Å². The lowest BCUT2D eigenvalue weighted by Gasteiger charge is -2.13. The lowest BCUT2D eigenvalue weighted by Crippen LogP contribution is -2.17. The number of nitrogens with zero attached hydrogens (tertiary/aromatic N) is 3. The average molecular weight is 622 g/mol. The van der Waals surface area contributed by atoms with Gasteiger partial charge in [-0.15, -0.1) is 0 Å². The van der Waals surface area contributed by atoms with Crippen LogP contribution in [0.5, 0.6) is 0 Å². The van der Waals surface area contributed by atoms with Crippen LogP contribution in [0.3, 0.4) is 0 Å². The average Bonchev–Trinajstić information content (AvgIpc) is 3.20. The van der Waals surface area contributed by atoms with Gasteiger partial charge in [-0.3, -0.25) is 14.3 Å².